The molecule has 1 N–H and O–H groups in total. The van der Waals surface area contributed by atoms with E-state index in [9.17, 15) is 14.0 Å². The quantitative estimate of drug-likeness (QED) is 0.492. The Morgan fingerprint density at radius 2 is 2.03 bits per heavy atom. The predicted molar refractivity (Wildman–Crippen MR) is 102 cm³/mol. The Hall–Kier alpha value is -2.97. The Balaban J connectivity index is 1.88. The number of carbonyl (C=O) groups is 2. The van der Waals surface area contributed by atoms with E-state index in [1.165, 1.54) is 24.4 Å². The average Bonchev–Trinajstić information content (AvgIpc) is 3.07. The van der Waals surface area contributed by atoms with Crippen molar-refractivity contribution in [1.82, 2.24) is 14.8 Å². The molecule has 0 saturated carbocycles. The van der Waals surface area contributed by atoms with Gasteiger partial charge in [0.1, 0.15) is 22.4 Å². The summed E-state index contributed by atoms with van der Waals surface area (Å²) in [6.07, 6.45) is 2.51. The number of halogens is 3. The van der Waals surface area contributed by atoms with E-state index in [1.54, 1.807) is 0 Å². The standard InChI is InChI=1S/C19H12Cl2FN3O4/c20-11-5-6-23-17(21)14(11)16(26)15-10-2-1-7-29-18(10)25(24-15)13-4-3-9(19(27)28)8-12(13)22/h3-6,8H,1-2,7H2,(H,27,28). The van der Waals surface area contributed by atoms with Gasteiger partial charge in [-0.1, -0.05) is 23.2 Å². The summed E-state index contributed by atoms with van der Waals surface area (Å²) in [5, 5.41) is 13.3. The molecule has 3 aromatic rings. The van der Waals surface area contributed by atoms with E-state index >= 15 is 0 Å². The van der Waals surface area contributed by atoms with Crippen molar-refractivity contribution in [2.45, 2.75) is 12.8 Å². The lowest BCUT2D eigenvalue weighted by Crippen LogP contribution is -2.13. The summed E-state index contributed by atoms with van der Waals surface area (Å²) in [7, 11) is 0. The van der Waals surface area contributed by atoms with Crippen LogP contribution in [0.5, 0.6) is 5.88 Å². The van der Waals surface area contributed by atoms with Gasteiger partial charge in [-0.25, -0.2) is 14.2 Å². The van der Waals surface area contributed by atoms with Crippen molar-refractivity contribution in [2.75, 3.05) is 6.61 Å². The molecule has 29 heavy (non-hydrogen) atoms. The minimum Gasteiger partial charge on any atom is -0.478 e. The van der Waals surface area contributed by atoms with Crippen molar-refractivity contribution in [2.24, 2.45) is 0 Å². The highest BCUT2D eigenvalue weighted by atomic mass is 35.5. The second-order valence-electron chi connectivity index (χ2n) is 6.26. The van der Waals surface area contributed by atoms with Crippen LogP contribution in [-0.2, 0) is 6.42 Å². The molecule has 0 atom stereocenters. The molecular weight excluding hydrogens is 424 g/mol. The number of ketones is 1. The van der Waals surface area contributed by atoms with E-state index in [2.05, 4.69) is 10.1 Å². The molecule has 1 aliphatic heterocycles. The third kappa shape index (κ3) is 3.34. The lowest BCUT2D eigenvalue weighted by atomic mass is 10.0. The fourth-order valence-electron chi connectivity index (χ4n) is 3.12. The van der Waals surface area contributed by atoms with Gasteiger partial charge in [-0.3, -0.25) is 4.79 Å². The number of hydrogen-bond donors (Lipinski definition) is 1. The molecule has 0 fully saturated rings. The number of aromatic nitrogens is 3. The number of pyridine rings is 1. The maximum Gasteiger partial charge on any atom is 0.335 e. The highest BCUT2D eigenvalue weighted by molar-refractivity contribution is 6.40. The van der Waals surface area contributed by atoms with E-state index in [0.717, 1.165) is 10.7 Å². The largest absolute Gasteiger partial charge is 0.478 e. The van der Waals surface area contributed by atoms with Crippen LogP contribution < -0.4 is 4.74 Å². The molecule has 0 bridgehead atoms. The molecular formula is C19H12Cl2FN3O4. The van der Waals surface area contributed by atoms with E-state index in [0.29, 0.717) is 25.0 Å². The molecule has 0 unspecified atom stereocenters. The highest BCUT2D eigenvalue weighted by Gasteiger charge is 2.31. The van der Waals surface area contributed by atoms with Crippen molar-refractivity contribution in [1.29, 1.82) is 0 Å². The predicted octanol–water partition coefficient (Wildman–Crippen LogP) is 3.97. The van der Waals surface area contributed by atoms with E-state index in [1.807, 2.05) is 0 Å². The summed E-state index contributed by atoms with van der Waals surface area (Å²) in [4.78, 5) is 28.1. The molecule has 3 heterocycles. The lowest BCUT2D eigenvalue weighted by Gasteiger charge is -2.16. The van der Waals surface area contributed by atoms with Crippen LogP contribution in [0.3, 0.4) is 0 Å². The SMILES string of the molecule is O=C(O)c1ccc(-n2nc(C(=O)c3c(Cl)ccnc3Cl)c3c2OCCC3)c(F)c1. The summed E-state index contributed by atoms with van der Waals surface area (Å²) in [6.45, 7) is 0.371. The Morgan fingerprint density at radius 3 is 2.72 bits per heavy atom. The molecule has 1 aliphatic rings. The fourth-order valence-corrected chi connectivity index (χ4v) is 3.64. The second kappa shape index (κ2) is 7.46. The summed E-state index contributed by atoms with van der Waals surface area (Å²) in [6, 6.07) is 4.83. The van der Waals surface area contributed by atoms with Crippen molar-refractivity contribution >= 4 is 35.0 Å². The molecule has 148 valence electrons. The van der Waals surface area contributed by atoms with Gasteiger partial charge in [0, 0.05) is 11.8 Å². The normalized spacial score (nSPS) is 12.9. The van der Waals surface area contributed by atoms with Crippen LogP contribution in [-0.4, -0.2) is 38.2 Å². The first-order chi connectivity index (χ1) is 13.9. The van der Waals surface area contributed by atoms with Crippen LogP contribution in [0.4, 0.5) is 4.39 Å². The van der Waals surface area contributed by atoms with Crippen molar-refractivity contribution < 1.29 is 23.8 Å². The first-order valence-electron chi connectivity index (χ1n) is 8.51. The van der Waals surface area contributed by atoms with Gasteiger partial charge in [-0.05, 0) is 37.1 Å². The zero-order valence-electron chi connectivity index (χ0n) is 14.7. The molecule has 4 rings (SSSR count). The van der Waals surface area contributed by atoms with Gasteiger partial charge in [0.25, 0.3) is 0 Å². The number of carbonyl (C=O) groups excluding carboxylic acids is 1. The van der Waals surface area contributed by atoms with Gasteiger partial charge < -0.3 is 9.84 Å². The monoisotopic (exact) mass is 435 g/mol. The van der Waals surface area contributed by atoms with Crippen LogP contribution in [0, 0.1) is 5.82 Å². The minimum absolute atomic E-state index is 0.00412. The van der Waals surface area contributed by atoms with Crippen LogP contribution >= 0.6 is 23.2 Å². The topological polar surface area (TPSA) is 94.3 Å². The second-order valence-corrected chi connectivity index (χ2v) is 7.02. The maximum atomic E-state index is 14.6. The summed E-state index contributed by atoms with van der Waals surface area (Å²) in [5.74, 6) is -2.42. The Morgan fingerprint density at radius 1 is 1.24 bits per heavy atom. The van der Waals surface area contributed by atoms with Gasteiger partial charge in [-0.2, -0.15) is 9.78 Å². The van der Waals surface area contributed by atoms with Crippen molar-refractivity contribution in [3.8, 4) is 11.6 Å². The number of rotatable bonds is 4. The van der Waals surface area contributed by atoms with Crippen molar-refractivity contribution in [3.63, 3.8) is 0 Å². The highest BCUT2D eigenvalue weighted by Crippen LogP contribution is 2.34. The van der Waals surface area contributed by atoms with Crippen LogP contribution in [0.25, 0.3) is 5.69 Å². The zero-order valence-corrected chi connectivity index (χ0v) is 16.2. The van der Waals surface area contributed by atoms with Gasteiger partial charge in [0.15, 0.2) is 0 Å². The molecule has 2 aromatic heterocycles. The number of ether oxygens (including phenoxy) is 1. The van der Waals surface area contributed by atoms with Crippen molar-refractivity contribution in [3.05, 3.63) is 68.8 Å². The number of fused-ring (bicyclic) bond motifs is 1. The summed E-state index contributed by atoms with van der Waals surface area (Å²) in [5.41, 5.74) is 0.265. The molecule has 0 amide bonds. The molecule has 0 saturated heterocycles. The van der Waals surface area contributed by atoms with E-state index < -0.39 is 17.6 Å². The molecule has 1 aromatic carbocycles. The smallest absolute Gasteiger partial charge is 0.335 e. The van der Waals surface area contributed by atoms with Crippen LogP contribution in [0.2, 0.25) is 10.2 Å². The number of carboxylic acid groups (broad SMARTS) is 1. The number of aromatic carboxylic acids is 1. The van der Waals surface area contributed by atoms with Crippen LogP contribution in [0.15, 0.2) is 30.5 Å². The molecule has 10 heteroatoms. The summed E-state index contributed by atoms with van der Waals surface area (Å²) >= 11 is 12.2. The fraction of sp³-hybridized carbons (Fsp3) is 0.158. The maximum absolute atomic E-state index is 14.6. The zero-order chi connectivity index (χ0) is 20.7. The Labute approximate surface area is 173 Å². The third-order valence-electron chi connectivity index (χ3n) is 4.47. The van der Waals surface area contributed by atoms with Gasteiger partial charge in [-0.15, -0.1) is 0 Å². The third-order valence-corrected chi connectivity index (χ3v) is 5.07. The van der Waals surface area contributed by atoms with E-state index in [4.69, 9.17) is 33.0 Å². The van der Waals surface area contributed by atoms with Crippen LogP contribution in [0.1, 0.15) is 38.4 Å². The summed E-state index contributed by atoms with van der Waals surface area (Å²) < 4.78 is 21.4. The molecule has 0 radical (unpaired) electrons. The number of carboxylic acids is 1. The number of nitrogens with zero attached hydrogens (tertiary/aromatic N) is 3. The minimum atomic E-state index is -1.26. The Kier molecular flexibility index (Phi) is 4.97. The molecule has 0 aliphatic carbocycles. The van der Waals surface area contributed by atoms with Gasteiger partial charge >= 0.3 is 5.97 Å². The van der Waals surface area contributed by atoms with E-state index in [-0.39, 0.29) is 38.6 Å². The number of benzene rings is 1. The first kappa shape index (κ1) is 19.4. The molecule has 0 spiro atoms. The first-order valence-corrected chi connectivity index (χ1v) is 9.26. The van der Waals surface area contributed by atoms with Gasteiger partial charge in [0.05, 0.1) is 22.8 Å². The average molecular weight is 436 g/mol. The number of hydrogen-bond acceptors (Lipinski definition) is 5. The Bertz CT molecular complexity index is 1140. The van der Waals surface area contributed by atoms with Gasteiger partial charge in [0.2, 0.25) is 11.7 Å². The lowest BCUT2D eigenvalue weighted by molar-refractivity contribution is 0.0696. The molecule has 7 nitrogen and oxygen atoms in total.